The number of piperidine rings is 1. The molecule has 1 aliphatic rings. The number of hydrogen-bond acceptors (Lipinski definition) is 3. The van der Waals surface area contributed by atoms with Gasteiger partial charge in [0, 0.05) is 6.54 Å². The van der Waals surface area contributed by atoms with Crippen LogP contribution in [-0.2, 0) is 11.3 Å². The van der Waals surface area contributed by atoms with Gasteiger partial charge >= 0.3 is 5.97 Å². The fraction of sp³-hybridized carbons (Fsp3) is 0.562. The lowest BCUT2D eigenvalue weighted by Gasteiger charge is -2.38. The maximum atomic E-state index is 13.7. The van der Waals surface area contributed by atoms with Gasteiger partial charge in [-0.25, -0.2) is 4.39 Å². The number of carbonyl (C=O) groups is 1. The van der Waals surface area contributed by atoms with Crippen molar-refractivity contribution in [2.75, 3.05) is 20.2 Å². The topological polar surface area (TPSA) is 49.8 Å². The molecule has 4 nitrogen and oxygen atoms in total. The van der Waals surface area contributed by atoms with E-state index >= 15 is 0 Å². The van der Waals surface area contributed by atoms with E-state index in [9.17, 15) is 14.3 Å². The average Bonchev–Trinajstić information content (AvgIpc) is 2.48. The molecule has 0 atom stereocenters. The molecule has 1 aromatic rings. The predicted molar refractivity (Wildman–Crippen MR) is 77.8 cm³/mol. The molecule has 1 heterocycles. The van der Waals surface area contributed by atoms with Gasteiger partial charge in [0.2, 0.25) is 0 Å². The fourth-order valence-corrected chi connectivity index (χ4v) is 2.92. The number of likely N-dealkylation sites (tertiary alicyclic amines) is 1. The van der Waals surface area contributed by atoms with Crippen LogP contribution < -0.4 is 4.74 Å². The molecular weight excluding hydrogens is 273 g/mol. The molecule has 116 valence electrons. The van der Waals surface area contributed by atoms with Gasteiger partial charge in [0.25, 0.3) is 0 Å². The average molecular weight is 295 g/mol. The first kappa shape index (κ1) is 15.8. The summed E-state index contributed by atoms with van der Waals surface area (Å²) in [4.78, 5) is 13.6. The molecule has 0 unspecified atom stereocenters. The largest absolute Gasteiger partial charge is 0.494 e. The standard InChI is InChI=1S/C16H22FNO3/c1-3-16(15(19)20)6-8-18(9-7-16)11-12-4-5-14(21-2)13(17)10-12/h4-5,10H,3,6-9,11H2,1-2H3,(H,19,20). The SMILES string of the molecule is CCC1(C(=O)O)CCN(Cc2ccc(OC)c(F)c2)CC1. The monoisotopic (exact) mass is 295 g/mol. The zero-order valence-corrected chi connectivity index (χ0v) is 12.6. The molecule has 1 N–H and O–H groups in total. The highest BCUT2D eigenvalue weighted by Crippen LogP contribution is 2.35. The molecule has 1 aromatic carbocycles. The van der Waals surface area contributed by atoms with Gasteiger partial charge in [0.05, 0.1) is 12.5 Å². The summed E-state index contributed by atoms with van der Waals surface area (Å²) in [5.41, 5.74) is 0.300. The Morgan fingerprint density at radius 3 is 2.57 bits per heavy atom. The summed E-state index contributed by atoms with van der Waals surface area (Å²) in [7, 11) is 1.44. The number of rotatable bonds is 5. The second-order valence-corrected chi connectivity index (χ2v) is 5.68. The van der Waals surface area contributed by atoms with Crippen molar-refractivity contribution < 1.29 is 19.0 Å². The number of halogens is 1. The van der Waals surface area contributed by atoms with Gasteiger partial charge in [-0.1, -0.05) is 13.0 Å². The number of hydrogen-bond donors (Lipinski definition) is 1. The van der Waals surface area contributed by atoms with E-state index in [2.05, 4.69) is 4.90 Å². The number of aliphatic carboxylic acids is 1. The molecule has 0 aliphatic carbocycles. The van der Waals surface area contributed by atoms with Gasteiger partial charge < -0.3 is 9.84 Å². The van der Waals surface area contributed by atoms with Crippen molar-refractivity contribution in [1.29, 1.82) is 0 Å². The van der Waals surface area contributed by atoms with Crippen LogP contribution in [0.15, 0.2) is 18.2 Å². The highest BCUT2D eigenvalue weighted by atomic mass is 19.1. The van der Waals surface area contributed by atoms with E-state index in [1.165, 1.54) is 13.2 Å². The van der Waals surface area contributed by atoms with E-state index in [0.29, 0.717) is 25.8 Å². The van der Waals surface area contributed by atoms with E-state index in [-0.39, 0.29) is 11.6 Å². The summed E-state index contributed by atoms with van der Waals surface area (Å²) in [5.74, 6) is -0.811. The Labute approximate surface area is 124 Å². The van der Waals surface area contributed by atoms with Crippen molar-refractivity contribution in [3.8, 4) is 5.75 Å². The lowest BCUT2D eigenvalue weighted by atomic mass is 9.76. The van der Waals surface area contributed by atoms with Gasteiger partial charge in [-0.15, -0.1) is 0 Å². The van der Waals surface area contributed by atoms with E-state index in [4.69, 9.17) is 4.74 Å². The highest BCUT2D eigenvalue weighted by molar-refractivity contribution is 5.74. The molecule has 0 spiro atoms. The van der Waals surface area contributed by atoms with Gasteiger partial charge in [0.1, 0.15) is 0 Å². The minimum atomic E-state index is -0.694. The third kappa shape index (κ3) is 3.35. The molecular formula is C16H22FNO3. The maximum Gasteiger partial charge on any atom is 0.309 e. The third-order valence-electron chi connectivity index (χ3n) is 4.57. The Hall–Kier alpha value is -1.62. The van der Waals surface area contributed by atoms with Gasteiger partial charge in [-0.2, -0.15) is 0 Å². The second-order valence-electron chi connectivity index (χ2n) is 5.68. The number of carboxylic acid groups (broad SMARTS) is 1. The Morgan fingerprint density at radius 2 is 2.10 bits per heavy atom. The van der Waals surface area contributed by atoms with Gasteiger partial charge in [0.15, 0.2) is 11.6 Å². The third-order valence-corrected chi connectivity index (χ3v) is 4.57. The first-order valence-corrected chi connectivity index (χ1v) is 7.29. The van der Waals surface area contributed by atoms with Crippen molar-refractivity contribution >= 4 is 5.97 Å². The number of ether oxygens (including phenoxy) is 1. The zero-order chi connectivity index (χ0) is 15.5. The first-order valence-electron chi connectivity index (χ1n) is 7.29. The lowest BCUT2D eigenvalue weighted by Crippen LogP contribution is -2.43. The number of benzene rings is 1. The highest BCUT2D eigenvalue weighted by Gasteiger charge is 2.39. The normalized spacial score (nSPS) is 18.4. The molecule has 1 fully saturated rings. The van der Waals surface area contributed by atoms with Crippen LogP contribution in [-0.4, -0.2) is 36.2 Å². The van der Waals surface area contributed by atoms with Crippen LogP contribution in [0, 0.1) is 11.2 Å². The minimum Gasteiger partial charge on any atom is -0.494 e. The number of methoxy groups -OCH3 is 1. The maximum absolute atomic E-state index is 13.7. The van der Waals surface area contributed by atoms with Crippen molar-refractivity contribution in [2.24, 2.45) is 5.41 Å². The summed E-state index contributed by atoms with van der Waals surface area (Å²) in [6.45, 7) is 4.03. The van der Waals surface area contributed by atoms with Crippen LogP contribution in [0.1, 0.15) is 31.7 Å². The van der Waals surface area contributed by atoms with Gasteiger partial charge in [-0.3, -0.25) is 9.69 Å². The van der Waals surface area contributed by atoms with E-state index < -0.39 is 11.4 Å². The van der Waals surface area contributed by atoms with E-state index in [1.54, 1.807) is 6.07 Å². The first-order chi connectivity index (χ1) is 10.0. The van der Waals surface area contributed by atoms with Crippen LogP contribution in [0.2, 0.25) is 0 Å². The van der Waals surface area contributed by atoms with Crippen LogP contribution >= 0.6 is 0 Å². The summed E-state index contributed by atoms with van der Waals surface area (Å²) in [6, 6.07) is 4.96. The molecule has 21 heavy (non-hydrogen) atoms. The Kier molecular flexibility index (Phi) is 4.83. The van der Waals surface area contributed by atoms with E-state index in [1.807, 2.05) is 13.0 Å². The summed E-state index contributed by atoms with van der Waals surface area (Å²) < 4.78 is 18.6. The predicted octanol–water partition coefficient (Wildman–Crippen LogP) is 2.91. The number of nitrogens with zero attached hydrogens (tertiary/aromatic N) is 1. The molecule has 0 bridgehead atoms. The molecule has 0 radical (unpaired) electrons. The fourth-order valence-electron chi connectivity index (χ4n) is 2.92. The van der Waals surface area contributed by atoms with Crippen molar-refractivity contribution in [3.05, 3.63) is 29.6 Å². The van der Waals surface area contributed by atoms with Crippen LogP contribution in [0.4, 0.5) is 4.39 Å². The van der Waals surface area contributed by atoms with Gasteiger partial charge in [-0.05, 0) is 50.0 Å². The van der Waals surface area contributed by atoms with Crippen molar-refractivity contribution in [1.82, 2.24) is 4.90 Å². The quantitative estimate of drug-likeness (QED) is 0.907. The molecule has 1 saturated heterocycles. The van der Waals surface area contributed by atoms with Crippen LogP contribution in [0.5, 0.6) is 5.75 Å². The lowest BCUT2D eigenvalue weighted by molar-refractivity contribution is -0.152. The number of carboxylic acids is 1. The zero-order valence-electron chi connectivity index (χ0n) is 12.6. The Morgan fingerprint density at radius 1 is 1.43 bits per heavy atom. The Balaban J connectivity index is 1.97. The molecule has 0 amide bonds. The molecule has 0 saturated carbocycles. The van der Waals surface area contributed by atoms with Crippen LogP contribution in [0.25, 0.3) is 0 Å². The van der Waals surface area contributed by atoms with Crippen LogP contribution in [0.3, 0.4) is 0 Å². The Bertz CT molecular complexity index is 510. The van der Waals surface area contributed by atoms with Crippen molar-refractivity contribution in [3.63, 3.8) is 0 Å². The molecule has 1 aliphatic heterocycles. The smallest absolute Gasteiger partial charge is 0.309 e. The van der Waals surface area contributed by atoms with E-state index in [0.717, 1.165) is 18.7 Å². The minimum absolute atomic E-state index is 0.244. The summed E-state index contributed by atoms with van der Waals surface area (Å²) in [5, 5.41) is 9.38. The van der Waals surface area contributed by atoms with Crippen molar-refractivity contribution in [2.45, 2.75) is 32.7 Å². The molecule has 0 aromatic heterocycles. The molecule has 2 rings (SSSR count). The second kappa shape index (κ2) is 6.43. The summed E-state index contributed by atoms with van der Waals surface area (Å²) in [6.07, 6.45) is 1.96. The molecule has 5 heteroatoms. The summed E-state index contributed by atoms with van der Waals surface area (Å²) >= 11 is 0.